The minimum Gasteiger partial charge on any atom is -0.439 e. The van der Waals surface area contributed by atoms with Crippen LogP contribution in [0.2, 0.25) is 0 Å². The molecule has 1 heterocycles. The van der Waals surface area contributed by atoms with E-state index in [0.29, 0.717) is 5.57 Å². The number of amides is 2. The molecule has 0 saturated carbocycles. The highest BCUT2D eigenvalue weighted by Crippen LogP contribution is 2.29. The Bertz CT molecular complexity index is 1250. The van der Waals surface area contributed by atoms with E-state index in [1.807, 2.05) is 0 Å². The van der Waals surface area contributed by atoms with Crippen LogP contribution in [0.1, 0.15) is 33.6 Å². The fourth-order valence-electron chi connectivity index (χ4n) is 5.14. The SMILES string of the molecule is CO[C@H]1/C=C\C=C(/CO)C(=O)NC2=CC(=O)C(NCC(O)CO)=C(C[C@@H](C)C[C@H](OC)[C@H](O)[C@@H](C)/C=C(\C)[C@@H]1OC(N)=O)C2=O. The van der Waals surface area contributed by atoms with Gasteiger partial charge in [0.2, 0.25) is 11.6 Å². The maximum absolute atomic E-state index is 13.6. The number of fused-ring (bicyclic) bond motifs is 2. The van der Waals surface area contributed by atoms with Crippen molar-refractivity contribution in [2.45, 2.75) is 64.1 Å². The van der Waals surface area contributed by atoms with E-state index in [9.17, 15) is 39.6 Å². The molecule has 2 amide bonds. The summed E-state index contributed by atoms with van der Waals surface area (Å²) in [6.45, 7) is 3.72. The number of Topliss-reactive ketones (excluding diaryl/α,β-unsaturated/α-hetero) is 1. The van der Waals surface area contributed by atoms with Crippen molar-refractivity contribution in [2.75, 3.05) is 34.0 Å². The Balaban J connectivity index is 2.65. The van der Waals surface area contributed by atoms with Crippen molar-refractivity contribution in [1.29, 1.82) is 0 Å². The van der Waals surface area contributed by atoms with Crippen LogP contribution in [0, 0.1) is 11.8 Å². The molecule has 14 heteroatoms. The van der Waals surface area contributed by atoms with Crippen molar-refractivity contribution in [3.05, 3.63) is 58.5 Å². The number of aliphatic hydroxyl groups is 4. The highest BCUT2D eigenvalue weighted by Gasteiger charge is 2.33. The third-order valence-electron chi connectivity index (χ3n) is 7.57. The number of allylic oxidation sites excluding steroid dienone is 4. The first kappa shape index (κ1) is 37.5. The Kier molecular flexibility index (Phi) is 14.8. The molecular weight excluding hydrogens is 590 g/mol. The summed E-state index contributed by atoms with van der Waals surface area (Å²) in [6.07, 6.45) is 1.13. The predicted molar refractivity (Wildman–Crippen MR) is 162 cm³/mol. The number of ketones is 2. The predicted octanol–water partition coefficient (Wildman–Crippen LogP) is -0.323. The van der Waals surface area contributed by atoms with Crippen LogP contribution < -0.4 is 16.4 Å². The van der Waals surface area contributed by atoms with Crippen LogP contribution in [-0.2, 0) is 28.6 Å². The van der Waals surface area contributed by atoms with Crippen molar-refractivity contribution in [3.8, 4) is 0 Å². The number of hydrogen-bond donors (Lipinski definition) is 7. The molecule has 2 rings (SSSR count). The summed E-state index contributed by atoms with van der Waals surface area (Å²) in [5.74, 6) is -3.01. The molecule has 0 radical (unpaired) electrons. The lowest BCUT2D eigenvalue weighted by atomic mass is 9.85. The minimum absolute atomic E-state index is 0.0284. The van der Waals surface area contributed by atoms with E-state index >= 15 is 0 Å². The van der Waals surface area contributed by atoms with Crippen LogP contribution in [0.4, 0.5) is 4.79 Å². The highest BCUT2D eigenvalue weighted by molar-refractivity contribution is 6.23. The van der Waals surface area contributed by atoms with Gasteiger partial charge in [-0.25, -0.2) is 4.79 Å². The zero-order chi connectivity index (χ0) is 33.8. The number of aliphatic hydroxyl groups excluding tert-OH is 4. The van der Waals surface area contributed by atoms with Crippen molar-refractivity contribution in [3.63, 3.8) is 0 Å². The first-order valence-electron chi connectivity index (χ1n) is 14.5. The summed E-state index contributed by atoms with van der Waals surface area (Å²) in [4.78, 5) is 51.6. The number of methoxy groups -OCH3 is 2. The number of carbonyl (C=O) groups excluding carboxylic acids is 4. The molecule has 0 fully saturated rings. The zero-order valence-electron chi connectivity index (χ0n) is 26.2. The van der Waals surface area contributed by atoms with Crippen molar-refractivity contribution < 1.29 is 53.8 Å². The Labute approximate surface area is 262 Å². The smallest absolute Gasteiger partial charge is 0.405 e. The third-order valence-corrected chi connectivity index (χ3v) is 7.57. The van der Waals surface area contributed by atoms with Gasteiger partial charge in [-0.1, -0.05) is 38.2 Å². The quantitative estimate of drug-likeness (QED) is 0.135. The number of rotatable bonds is 8. The minimum atomic E-state index is -1.20. The van der Waals surface area contributed by atoms with E-state index in [1.165, 1.54) is 32.4 Å². The molecule has 2 bridgehead atoms. The van der Waals surface area contributed by atoms with Gasteiger partial charge in [-0.2, -0.15) is 0 Å². The Hall–Kier alpha value is -3.66. The van der Waals surface area contributed by atoms with Gasteiger partial charge in [-0.15, -0.1) is 0 Å². The van der Waals surface area contributed by atoms with E-state index in [1.54, 1.807) is 26.8 Å². The van der Waals surface area contributed by atoms with Gasteiger partial charge >= 0.3 is 6.09 Å². The summed E-state index contributed by atoms with van der Waals surface area (Å²) in [6, 6.07) is 0. The molecule has 0 aromatic heterocycles. The van der Waals surface area contributed by atoms with Crippen LogP contribution in [0.15, 0.2) is 58.5 Å². The monoisotopic (exact) mass is 635 g/mol. The molecule has 0 aromatic carbocycles. The Morgan fingerprint density at radius 2 is 1.87 bits per heavy atom. The Morgan fingerprint density at radius 1 is 1.18 bits per heavy atom. The third kappa shape index (κ3) is 10.4. The van der Waals surface area contributed by atoms with Gasteiger partial charge in [0.15, 0.2) is 6.10 Å². The average Bonchev–Trinajstić information content (AvgIpc) is 2.99. The summed E-state index contributed by atoms with van der Waals surface area (Å²) < 4.78 is 16.5. The van der Waals surface area contributed by atoms with Crippen LogP contribution in [0.3, 0.4) is 0 Å². The van der Waals surface area contributed by atoms with E-state index < -0.39 is 73.2 Å². The fraction of sp³-hybridized carbons (Fsp3) is 0.548. The molecular formula is C31H45N3O11. The molecule has 14 nitrogen and oxygen atoms in total. The summed E-state index contributed by atoms with van der Waals surface area (Å²) >= 11 is 0. The van der Waals surface area contributed by atoms with Gasteiger partial charge in [0.05, 0.1) is 42.9 Å². The van der Waals surface area contributed by atoms with Crippen molar-refractivity contribution in [2.24, 2.45) is 17.6 Å². The van der Waals surface area contributed by atoms with Gasteiger partial charge in [-0.05, 0) is 31.3 Å². The lowest BCUT2D eigenvalue weighted by Crippen LogP contribution is -2.39. The van der Waals surface area contributed by atoms with Gasteiger partial charge in [-0.3, -0.25) is 14.4 Å². The lowest BCUT2D eigenvalue weighted by Gasteiger charge is -2.30. The highest BCUT2D eigenvalue weighted by atomic mass is 16.6. The summed E-state index contributed by atoms with van der Waals surface area (Å²) in [5, 5.41) is 45.3. The molecule has 1 aliphatic carbocycles. The standard InChI is InChI=1S/C31H45N3O11/c1-16-9-21-26(33-13-20(37)15-36)23(38)12-22(28(21)40)34-30(41)19(14-35)7-6-8-24(43-4)29(45-31(32)42)18(3)11-17(2)27(39)25(10-16)44-5/h6-8,11-12,16-17,20,24-25,27,29,33,35-37,39H,9-10,13-15H2,1-5H3,(H2,32,42)(H,34,41)/b8-6-,18-11+,19-7+/t16-,17+,20?,24+,25+,27-,29+/m1/s1. The van der Waals surface area contributed by atoms with E-state index in [4.69, 9.17) is 19.9 Å². The second kappa shape index (κ2) is 17.7. The van der Waals surface area contributed by atoms with E-state index in [-0.39, 0.29) is 47.8 Å². The Morgan fingerprint density at radius 3 is 2.44 bits per heavy atom. The van der Waals surface area contributed by atoms with Gasteiger partial charge in [0, 0.05) is 43.9 Å². The molecule has 0 saturated heterocycles. The number of ether oxygens (including phenoxy) is 3. The fourth-order valence-corrected chi connectivity index (χ4v) is 5.14. The molecule has 8 N–H and O–H groups in total. The molecule has 2 aliphatic rings. The number of carbonyl (C=O) groups is 4. The number of hydrogen-bond acceptors (Lipinski definition) is 12. The average molecular weight is 636 g/mol. The van der Waals surface area contributed by atoms with E-state index in [0.717, 1.165) is 6.08 Å². The molecule has 250 valence electrons. The van der Waals surface area contributed by atoms with Gasteiger partial charge < -0.3 is 51.0 Å². The van der Waals surface area contributed by atoms with Crippen LogP contribution in [0.25, 0.3) is 0 Å². The molecule has 0 spiro atoms. The van der Waals surface area contributed by atoms with Gasteiger partial charge in [0.25, 0.3) is 5.91 Å². The van der Waals surface area contributed by atoms with Crippen LogP contribution >= 0.6 is 0 Å². The summed E-state index contributed by atoms with van der Waals surface area (Å²) in [5.41, 5.74) is 5.30. The lowest BCUT2D eigenvalue weighted by molar-refractivity contribution is -0.120. The molecule has 7 atom stereocenters. The molecule has 1 unspecified atom stereocenters. The number of nitrogens with two attached hydrogens (primary N) is 1. The van der Waals surface area contributed by atoms with Gasteiger partial charge in [0.1, 0.15) is 6.10 Å². The molecule has 0 aromatic rings. The van der Waals surface area contributed by atoms with Crippen LogP contribution in [-0.4, -0.2) is 108 Å². The van der Waals surface area contributed by atoms with E-state index in [2.05, 4.69) is 10.6 Å². The first-order chi connectivity index (χ1) is 21.3. The maximum Gasteiger partial charge on any atom is 0.405 e. The second-order valence-corrected chi connectivity index (χ2v) is 11.1. The van der Waals surface area contributed by atoms with Crippen molar-refractivity contribution >= 4 is 23.6 Å². The van der Waals surface area contributed by atoms with Crippen LogP contribution in [0.5, 0.6) is 0 Å². The second-order valence-electron chi connectivity index (χ2n) is 11.1. The molecule has 45 heavy (non-hydrogen) atoms. The first-order valence-corrected chi connectivity index (χ1v) is 14.5. The largest absolute Gasteiger partial charge is 0.439 e. The zero-order valence-corrected chi connectivity index (χ0v) is 26.2. The number of nitrogens with one attached hydrogen (secondary N) is 2. The maximum atomic E-state index is 13.6. The molecule has 1 aliphatic heterocycles. The topological polar surface area (TPSA) is 227 Å². The summed E-state index contributed by atoms with van der Waals surface area (Å²) in [7, 11) is 2.81. The normalized spacial score (nSPS) is 31.1. The number of primary amides is 1. The van der Waals surface area contributed by atoms with Crippen molar-refractivity contribution in [1.82, 2.24) is 10.6 Å².